The molecular weight excluding hydrogens is 140 g/mol. The van der Waals surface area contributed by atoms with E-state index in [4.69, 9.17) is 9.47 Å². The molecule has 0 N–H and O–H groups in total. The van der Waals surface area contributed by atoms with E-state index in [9.17, 15) is 0 Å². The van der Waals surface area contributed by atoms with Crippen LogP contribution in [0.25, 0.3) is 0 Å². The lowest BCUT2D eigenvalue weighted by atomic mass is 10.2. The molecule has 66 valence electrons. The molecule has 0 aromatic heterocycles. The van der Waals surface area contributed by atoms with Gasteiger partial charge in [-0.2, -0.15) is 0 Å². The largest absolute Gasteiger partial charge is 0.498 e. The molecule has 0 saturated heterocycles. The van der Waals surface area contributed by atoms with Gasteiger partial charge in [0.1, 0.15) is 0 Å². The van der Waals surface area contributed by atoms with E-state index >= 15 is 0 Å². The molecule has 0 amide bonds. The summed E-state index contributed by atoms with van der Waals surface area (Å²) in [6.07, 6.45) is 0.795. The van der Waals surface area contributed by atoms with Crippen LogP contribution in [0.1, 0.15) is 20.3 Å². The monoisotopic (exact) mass is 158 g/mol. The second kappa shape index (κ2) is 6.23. The Labute approximate surface area is 69.2 Å². The maximum Gasteiger partial charge on any atom is 0.0911 e. The Hall–Kier alpha value is -0.500. The van der Waals surface area contributed by atoms with Gasteiger partial charge in [-0.1, -0.05) is 20.4 Å². The van der Waals surface area contributed by atoms with Crippen LogP contribution in [0.15, 0.2) is 12.3 Å². The lowest BCUT2D eigenvalue weighted by Gasteiger charge is -2.10. The van der Waals surface area contributed by atoms with Crippen molar-refractivity contribution in [2.24, 2.45) is 5.92 Å². The van der Waals surface area contributed by atoms with Gasteiger partial charge in [0.05, 0.1) is 19.0 Å². The molecule has 0 radical (unpaired) electrons. The van der Waals surface area contributed by atoms with E-state index in [1.54, 1.807) is 7.11 Å². The van der Waals surface area contributed by atoms with Gasteiger partial charge in [0.25, 0.3) is 0 Å². The van der Waals surface area contributed by atoms with E-state index in [0.717, 1.165) is 18.8 Å². The molecule has 0 saturated carbocycles. The van der Waals surface area contributed by atoms with Gasteiger partial charge in [0.2, 0.25) is 0 Å². The van der Waals surface area contributed by atoms with Gasteiger partial charge >= 0.3 is 0 Å². The zero-order chi connectivity index (χ0) is 8.69. The Morgan fingerprint density at radius 2 is 2.09 bits per heavy atom. The predicted molar refractivity (Wildman–Crippen MR) is 46.4 cm³/mol. The van der Waals surface area contributed by atoms with Crippen LogP contribution in [-0.4, -0.2) is 20.3 Å². The highest BCUT2D eigenvalue weighted by molar-refractivity contribution is 4.81. The van der Waals surface area contributed by atoms with Crippen LogP contribution >= 0.6 is 0 Å². The highest BCUT2D eigenvalue weighted by Crippen LogP contribution is 2.03. The van der Waals surface area contributed by atoms with Crippen LogP contribution in [0.5, 0.6) is 0 Å². The molecule has 0 heterocycles. The number of methoxy groups -OCH3 is 1. The van der Waals surface area contributed by atoms with Crippen LogP contribution < -0.4 is 0 Å². The maximum atomic E-state index is 5.33. The SMILES string of the molecule is C=C(CCOC)OCC(C)C. The van der Waals surface area contributed by atoms with Gasteiger partial charge in [-0.3, -0.25) is 0 Å². The van der Waals surface area contributed by atoms with Gasteiger partial charge in [-0.15, -0.1) is 0 Å². The van der Waals surface area contributed by atoms with Crippen LogP contribution in [0.2, 0.25) is 0 Å². The Morgan fingerprint density at radius 3 is 2.55 bits per heavy atom. The summed E-state index contributed by atoms with van der Waals surface area (Å²) in [5.74, 6) is 1.38. The molecule has 2 heteroatoms. The fraction of sp³-hybridized carbons (Fsp3) is 0.778. The third-order valence-electron chi connectivity index (χ3n) is 1.21. The first-order valence-electron chi connectivity index (χ1n) is 3.96. The topological polar surface area (TPSA) is 18.5 Å². The molecular formula is C9H18O2. The zero-order valence-corrected chi connectivity index (χ0v) is 7.72. The Kier molecular flexibility index (Phi) is 5.94. The lowest BCUT2D eigenvalue weighted by molar-refractivity contribution is 0.142. The summed E-state index contributed by atoms with van der Waals surface area (Å²) < 4.78 is 10.2. The third kappa shape index (κ3) is 7.40. The van der Waals surface area contributed by atoms with Crippen molar-refractivity contribution < 1.29 is 9.47 Å². The summed E-state index contributed by atoms with van der Waals surface area (Å²) in [7, 11) is 1.68. The summed E-state index contributed by atoms with van der Waals surface area (Å²) in [6, 6.07) is 0. The normalized spacial score (nSPS) is 10.2. The number of ether oxygens (including phenoxy) is 2. The predicted octanol–water partition coefficient (Wildman–Crippen LogP) is 2.21. The fourth-order valence-electron chi connectivity index (χ4n) is 0.573. The summed E-state index contributed by atoms with van der Waals surface area (Å²) in [5.41, 5.74) is 0. The van der Waals surface area contributed by atoms with E-state index in [-0.39, 0.29) is 0 Å². The van der Waals surface area contributed by atoms with Gasteiger partial charge in [0.15, 0.2) is 0 Å². The maximum absolute atomic E-state index is 5.33. The second-order valence-corrected chi connectivity index (χ2v) is 2.99. The molecule has 0 aliphatic carbocycles. The van der Waals surface area contributed by atoms with Crippen molar-refractivity contribution in [3.8, 4) is 0 Å². The van der Waals surface area contributed by atoms with Gasteiger partial charge in [-0.25, -0.2) is 0 Å². The Bertz CT molecular complexity index is 108. The van der Waals surface area contributed by atoms with Crippen molar-refractivity contribution in [3.05, 3.63) is 12.3 Å². The van der Waals surface area contributed by atoms with Gasteiger partial charge < -0.3 is 9.47 Å². The Morgan fingerprint density at radius 1 is 1.45 bits per heavy atom. The molecule has 0 fully saturated rings. The van der Waals surface area contributed by atoms with E-state index in [0.29, 0.717) is 12.5 Å². The third-order valence-corrected chi connectivity index (χ3v) is 1.21. The summed E-state index contributed by atoms with van der Waals surface area (Å²) in [5, 5.41) is 0. The first kappa shape index (κ1) is 10.5. The summed E-state index contributed by atoms with van der Waals surface area (Å²) in [4.78, 5) is 0. The standard InChI is InChI=1S/C9H18O2/c1-8(2)7-11-9(3)5-6-10-4/h8H,3,5-7H2,1-2,4H3. The molecule has 0 rings (SSSR count). The molecule has 0 aromatic rings. The van der Waals surface area contributed by atoms with Crippen LogP contribution in [-0.2, 0) is 9.47 Å². The van der Waals surface area contributed by atoms with Gasteiger partial charge in [0, 0.05) is 13.5 Å². The van der Waals surface area contributed by atoms with Crippen LogP contribution in [0, 0.1) is 5.92 Å². The summed E-state index contributed by atoms with van der Waals surface area (Å²) >= 11 is 0. The van der Waals surface area contributed by atoms with Crippen molar-refractivity contribution in [1.29, 1.82) is 0 Å². The van der Waals surface area contributed by atoms with Crippen molar-refractivity contribution in [1.82, 2.24) is 0 Å². The van der Waals surface area contributed by atoms with Crippen molar-refractivity contribution >= 4 is 0 Å². The molecule has 0 aliphatic rings. The van der Waals surface area contributed by atoms with Crippen molar-refractivity contribution in [2.75, 3.05) is 20.3 Å². The first-order chi connectivity index (χ1) is 5.16. The zero-order valence-electron chi connectivity index (χ0n) is 7.72. The smallest absolute Gasteiger partial charge is 0.0911 e. The number of hydrogen-bond donors (Lipinski definition) is 0. The molecule has 0 bridgehead atoms. The van der Waals surface area contributed by atoms with E-state index < -0.39 is 0 Å². The second-order valence-electron chi connectivity index (χ2n) is 2.99. The molecule has 0 unspecified atom stereocenters. The van der Waals surface area contributed by atoms with Crippen molar-refractivity contribution in [2.45, 2.75) is 20.3 Å². The van der Waals surface area contributed by atoms with E-state index in [2.05, 4.69) is 20.4 Å². The molecule has 0 atom stereocenters. The summed E-state index contributed by atoms with van der Waals surface area (Å²) in [6.45, 7) is 9.44. The highest BCUT2D eigenvalue weighted by Gasteiger charge is 1.96. The van der Waals surface area contributed by atoms with Crippen LogP contribution in [0.4, 0.5) is 0 Å². The van der Waals surface area contributed by atoms with Gasteiger partial charge in [-0.05, 0) is 5.92 Å². The molecule has 11 heavy (non-hydrogen) atoms. The minimum Gasteiger partial charge on any atom is -0.498 e. The van der Waals surface area contributed by atoms with Crippen LogP contribution in [0.3, 0.4) is 0 Å². The lowest BCUT2D eigenvalue weighted by Crippen LogP contribution is -2.02. The first-order valence-corrected chi connectivity index (χ1v) is 3.96. The molecule has 0 aliphatic heterocycles. The Balaban J connectivity index is 3.23. The number of hydrogen-bond acceptors (Lipinski definition) is 2. The minimum atomic E-state index is 0.564. The molecule has 2 nitrogen and oxygen atoms in total. The van der Waals surface area contributed by atoms with Crippen molar-refractivity contribution in [3.63, 3.8) is 0 Å². The molecule has 0 aromatic carbocycles. The van der Waals surface area contributed by atoms with E-state index in [1.165, 1.54) is 0 Å². The average molecular weight is 158 g/mol. The number of rotatable bonds is 6. The highest BCUT2D eigenvalue weighted by atomic mass is 16.5. The average Bonchev–Trinajstić information content (AvgIpc) is 1.97. The minimum absolute atomic E-state index is 0.564. The molecule has 0 spiro atoms. The van der Waals surface area contributed by atoms with E-state index in [1.807, 2.05) is 0 Å². The fourth-order valence-corrected chi connectivity index (χ4v) is 0.573. The quantitative estimate of drug-likeness (QED) is 0.552.